The van der Waals surface area contributed by atoms with Gasteiger partial charge in [-0.25, -0.2) is 9.59 Å². The molecule has 0 aromatic carbocycles. The molecule has 92 valence electrons. The molecule has 0 saturated heterocycles. The third-order valence-electron chi connectivity index (χ3n) is 2.46. The second kappa shape index (κ2) is 5.16. The van der Waals surface area contributed by atoms with E-state index in [-0.39, 0.29) is 0 Å². The zero-order valence-electron chi connectivity index (χ0n) is 8.86. The Labute approximate surface area is 106 Å². The third kappa shape index (κ3) is 2.51. The zero-order valence-corrected chi connectivity index (χ0v) is 10.5. The van der Waals surface area contributed by atoms with Crippen molar-refractivity contribution in [3.8, 4) is 0 Å². The predicted octanol–water partition coefficient (Wildman–Crippen LogP) is 0.747. The molecule has 2 aliphatic heterocycles. The number of carboxylic acid groups (broad SMARTS) is 2. The first kappa shape index (κ1) is 12.5. The van der Waals surface area contributed by atoms with E-state index >= 15 is 0 Å². The van der Waals surface area contributed by atoms with Gasteiger partial charge in [-0.3, -0.25) is 0 Å². The Kier molecular flexibility index (Phi) is 3.80. The van der Waals surface area contributed by atoms with E-state index in [9.17, 15) is 9.59 Å². The average molecular weight is 273 g/mol. The van der Waals surface area contributed by atoms with Crippen LogP contribution in [0.3, 0.4) is 0 Å². The third-order valence-corrected chi connectivity index (χ3v) is 4.91. The van der Waals surface area contributed by atoms with Crippen LogP contribution in [-0.2, 0) is 9.59 Å². The maximum Gasteiger partial charge on any atom is 0.343 e. The highest BCUT2D eigenvalue weighted by molar-refractivity contribution is 8.08. The van der Waals surface area contributed by atoms with Gasteiger partial charge in [-0.2, -0.15) is 0 Å². The topological polar surface area (TPSA) is 86.6 Å². The minimum absolute atomic E-state index is 0.438. The molecule has 5 nitrogen and oxygen atoms in total. The van der Waals surface area contributed by atoms with Crippen LogP contribution in [0.25, 0.3) is 0 Å². The van der Waals surface area contributed by atoms with Crippen molar-refractivity contribution in [2.24, 2.45) is 0 Å². The molecule has 0 spiro atoms. The van der Waals surface area contributed by atoms with Gasteiger partial charge in [-0.1, -0.05) is 0 Å². The van der Waals surface area contributed by atoms with Gasteiger partial charge in [0.2, 0.25) is 0 Å². The van der Waals surface area contributed by atoms with Gasteiger partial charge in [0.1, 0.15) is 5.57 Å². The summed E-state index contributed by atoms with van der Waals surface area (Å²) >= 11 is 3.06. The molecule has 0 aromatic rings. The molecule has 0 saturated carbocycles. The van der Waals surface area contributed by atoms with Crippen LogP contribution in [0.1, 0.15) is 0 Å². The summed E-state index contributed by atoms with van der Waals surface area (Å²) in [4.78, 5) is 23.9. The Morgan fingerprint density at radius 2 is 1.88 bits per heavy atom. The number of carboxylic acids is 2. The number of hydrogen-bond donors (Lipinski definition) is 3. The molecular weight excluding hydrogens is 262 g/mol. The number of carbonyl (C=O) groups is 2. The van der Waals surface area contributed by atoms with Gasteiger partial charge in [-0.15, -0.1) is 23.5 Å². The van der Waals surface area contributed by atoms with Gasteiger partial charge in [0.15, 0.2) is 0 Å². The molecule has 7 heteroatoms. The van der Waals surface area contributed by atoms with E-state index in [1.165, 1.54) is 23.5 Å². The van der Waals surface area contributed by atoms with Gasteiger partial charge in [0, 0.05) is 34.4 Å². The number of aliphatic carboxylic acids is 2. The van der Waals surface area contributed by atoms with Crippen molar-refractivity contribution in [1.29, 1.82) is 0 Å². The van der Waals surface area contributed by atoms with E-state index in [2.05, 4.69) is 5.32 Å². The van der Waals surface area contributed by atoms with Gasteiger partial charge < -0.3 is 15.5 Å². The lowest BCUT2D eigenvalue weighted by Crippen LogP contribution is -2.16. The van der Waals surface area contributed by atoms with Crippen LogP contribution in [0.2, 0.25) is 0 Å². The smallest absolute Gasteiger partial charge is 0.343 e. The Bertz CT molecular complexity index is 426. The van der Waals surface area contributed by atoms with Gasteiger partial charge in [-0.05, 0) is 5.57 Å². The molecule has 0 atom stereocenters. The van der Waals surface area contributed by atoms with Crippen molar-refractivity contribution >= 4 is 35.5 Å². The number of hydrogen-bond acceptors (Lipinski definition) is 5. The molecule has 2 aliphatic rings. The van der Waals surface area contributed by atoms with Gasteiger partial charge in [0.25, 0.3) is 0 Å². The first-order valence-electron chi connectivity index (χ1n) is 5.01. The summed E-state index contributed by atoms with van der Waals surface area (Å²) in [5.74, 6) is -1.46. The van der Waals surface area contributed by atoms with Crippen molar-refractivity contribution in [2.75, 3.05) is 24.6 Å². The lowest BCUT2D eigenvalue weighted by atomic mass is 10.1. The van der Waals surface area contributed by atoms with E-state index in [1.54, 1.807) is 0 Å². The minimum atomic E-state index is -1.36. The quantitative estimate of drug-likeness (QED) is 0.389. The number of rotatable bonds is 2. The summed E-state index contributed by atoms with van der Waals surface area (Å²) < 4.78 is 0. The minimum Gasteiger partial charge on any atom is -0.477 e. The lowest BCUT2D eigenvalue weighted by molar-refractivity contribution is -0.140. The SMILES string of the molecule is O=C(O)C(C(=O)O)=C1CSC2=C1SCCNC2. The molecule has 0 fully saturated rings. The summed E-state index contributed by atoms with van der Waals surface area (Å²) in [6, 6.07) is 0. The second-order valence-electron chi connectivity index (χ2n) is 3.53. The fourth-order valence-electron chi connectivity index (χ4n) is 1.72. The fraction of sp³-hybridized carbons (Fsp3) is 0.400. The fourth-order valence-corrected chi connectivity index (χ4v) is 4.26. The summed E-state index contributed by atoms with van der Waals surface area (Å²) in [5.41, 5.74) is -0.0319. The first-order chi connectivity index (χ1) is 8.11. The lowest BCUT2D eigenvalue weighted by Gasteiger charge is -2.06. The van der Waals surface area contributed by atoms with Crippen LogP contribution in [0.15, 0.2) is 21.0 Å². The van der Waals surface area contributed by atoms with Crippen LogP contribution in [0.4, 0.5) is 0 Å². The molecule has 2 heterocycles. The van der Waals surface area contributed by atoms with E-state index in [1.807, 2.05) is 0 Å². The van der Waals surface area contributed by atoms with Crippen LogP contribution in [0, 0.1) is 0 Å². The van der Waals surface area contributed by atoms with Crippen LogP contribution < -0.4 is 5.32 Å². The van der Waals surface area contributed by atoms with Crippen molar-refractivity contribution in [2.45, 2.75) is 0 Å². The molecule has 0 amide bonds. The van der Waals surface area contributed by atoms with Gasteiger partial charge >= 0.3 is 11.9 Å². The largest absolute Gasteiger partial charge is 0.477 e. The van der Waals surface area contributed by atoms with E-state index in [0.29, 0.717) is 17.9 Å². The summed E-state index contributed by atoms with van der Waals surface area (Å²) in [6.45, 7) is 1.55. The summed E-state index contributed by atoms with van der Waals surface area (Å²) in [7, 11) is 0. The maximum atomic E-state index is 11.0. The molecule has 0 aromatic heterocycles. The average Bonchev–Trinajstić information content (AvgIpc) is 2.48. The van der Waals surface area contributed by atoms with Crippen LogP contribution in [0.5, 0.6) is 0 Å². The highest BCUT2D eigenvalue weighted by atomic mass is 32.2. The first-order valence-corrected chi connectivity index (χ1v) is 6.98. The van der Waals surface area contributed by atoms with Crippen LogP contribution in [-0.4, -0.2) is 46.7 Å². The molecule has 0 unspecified atom stereocenters. The monoisotopic (exact) mass is 273 g/mol. The van der Waals surface area contributed by atoms with Crippen molar-refractivity contribution in [3.05, 3.63) is 21.0 Å². The van der Waals surface area contributed by atoms with E-state index < -0.39 is 17.5 Å². The highest BCUT2D eigenvalue weighted by Crippen LogP contribution is 2.43. The Hall–Kier alpha value is -0.920. The molecule has 0 radical (unpaired) electrons. The zero-order chi connectivity index (χ0) is 12.4. The molecule has 2 rings (SSSR count). The van der Waals surface area contributed by atoms with Crippen LogP contribution >= 0.6 is 23.5 Å². The standard InChI is InChI=1S/C10H11NO4S2/c12-9(13)7(10(14)15)5-4-17-6-3-11-1-2-16-8(5)6/h11H,1-4H2,(H,12,13)(H,14,15). The van der Waals surface area contributed by atoms with Gasteiger partial charge in [0.05, 0.1) is 0 Å². The van der Waals surface area contributed by atoms with E-state index in [4.69, 9.17) is 10.2 Å². The molecule has 0 bridgehead atoms. The number of nitrogens with one attached hydrogen (secondary N) is 1. The molecule has 3 N–H and O–H groups in total. The van der Waals surface area contributed by atoms with Crippen molar-refractivity contribution in [3.63, 3.8) is 0 Å². The molecule has 0 aliphatic carbocycles. The Morgan fingerprint density at radius 3 is 2.53 bits per heavy atom. The number of allylic oxidation sites excluding steroid dienone is 1. The Morgan fingerprint density at radius 1 is 1.18 bits per heavy atom. The summed E-state index contributed by atoms with van der Waals surface area (Å²) in [6.07, 6.45) is 0. The second-order valence-corrected chi connectivity index (χ2v) is 5.71. The van der Waals surface area contributed by atoms with Crippen molar-refractivity contribution in [1.82, 2.24) is 5.32 Å². The highest BCUT2D eigenvalue weighted by Gasteiger charge is 2.30. The predicted molar refractivity (Wildman–Crippen MR) is 67.1 cm³/mol. The number of thioether (sulfide) groups is 2. The van der Waals surface area contributed by atoms with Crippen molar-refractivity contribution < 1.29 is 19.8 Å². The maximum absolute atomic E-state index is 11.0. The normalized spacial score (nSPS) is 19.9. The molecule has 17 heavy (non-hydrogen) atoms. The Balaban J connectivity index is 2.45. The summed E-state index contributed by atoms with van der Waals surface area (Å²) in [5, 5.41) is 21.2. The van der Waals surface area contributed by atoms with E-state index in [0.717, 1.165) is 22.1 Å². The molecular formula is C10H11NO4S2.